The summed E-state index contributed by atoms with van der Waals surface area (Å²) in [7, 11) is 1.63. The van der Waals surface area contributed by atoms with Crippen molar-refractivity contribution >= 4 is 29.0 Å². The molecular weight excluding hydrogens is 295 g/mol. The average molecular weight is 315 g/mol. The Labute approximate surface area is 130 Å². The third-order valence-electron chi connectivity index (χ3n) is 4.38. The average Bonchev–Trinajstić information content (AvgIpc) is 2.44. The van der Waals surface area contributed by atoms with E-state index < -0.39 is 5.60 Å². The molecule has 0 bridgehead atoms. The third-order valence-corrected chi connectivity index (χ3v) is 5.09. The summed E-state index contributed by atoms with van der Waals surface area (Å²) in [6.07, 6.45) is 3.85. The summed E-state index contributed by atoms with van der Waals surface area (Å²) >= 11 is 12.3. The second-order valence-corrected chi connectivity index (χ2v) is 6.50. The van der Waals surface area contributed by atoms with Gasteiger partial charge in [-0.25, -0.2) is 0 Å². The van der Waals surface area contributed by atoms with E-state index in [1.54, 1.807) is 25.3 Å². The van der Waals surface area contributed by atoms with Crippen molar-refractivity contribution in [1.82, 2.24) is 0 Å². The fraction of sp³-hybridized carbons (Fsp3) is 0.562. The first kappa shape index (κ1) is 15.8. The summed E-state index contributed by atoms with van der Waals surface area (Å²) in [5, 5.41) is 1.09. The second kappa shape index (κ2) is 6.46. The van der Waals surface area contributed by atoms with Crippen LogP contribution in [0.5, 0.6) is 0 Å². The van der Waals surface area contributed by atoms with Gasteiger partial charge in [-0.15, -0.1) is 0 Å². The van der Waals surface area contributed by atoms with E-state index in [4.69, 9.17) is 27.9 Å². The topological polar surface area (TPSA) is 26.3 Å². The molecule has 2 nitrogen and oxygen atoms in total. The van der Waals surface area contributed by atoms with E-state index in [0.717, 1.165) is 25.7 Å². The molecule has 1 aliphatic rings. The molecule has 1 aromatic carbocycles. The van der Waals surface area contributed by atoms with Gasteiger partial charge in [0.15, 0.2) is 5.78 Å². The van der Waals surface area contributed by atoms with Crippen LogP contribution in [0.3, 0.4) is 0 Å². The Morgan fingerprint density at radius 2 is 1.85 bits per heavy atom. The first-order valence-electron chi connectivity index (χ1n) is 7.00. The molecule has 0 radical (unpaired) electrons. The molecule has 0 saturated heterocycles. The van der Waals surface area contributed by atoms with Gasteiger partial charge >= 0.3 is 0 Å². The van der Waals surface area contributed by atoms with Gasteiger partial charge in [-0.2, -0.15) is 0 Å². The zero-order valence-electron chi connectivity index (χ0n) is 11.9. The van der Waals surface area contributed by atoms with Crippen molar-refractivity contribution < 1.29 is 9.53 Å². The van der Waals surface area contributed by atoms with Crippen molar-refractivity contribution in [2.24, 2.45) is 5.92 Å². The number of rotatable bonds is 4. The molecule has 1 aromatic rings. The summed E-state index contributed by atoms with van der Waals surface area (Å²) in [5.41, 5.74) is 0.0468. The maximum Gasteiger partial charge on any atom is 0.169 e. The smallest absolute Gasteiger partial charge is 0.169 e. The molecule has 1 aliphatic carbocycles. The molecule has 0 aromatic heterocycles. The fourth-order valence-electron chi connectivity index (χ4n) is 2.85. The number of carbonyl (C=O) groups is 1. The van der Waals surface area contributed by atoms with Gasteiger partial charge in [-0.05, 0) is 49.3 Å². The Morgan fingerprint density at radius 3 is 2.35 bits per heavy atom. The highest BCUT2D eigenvalue weighted by atomic mass is 35.5. The molecule has 2 rings (SSSR count). The lowest BCUT2D eigenvalue weighted by Crippen LogP contribution is -2.44. The van der Waals surface area contributed by atoms with Crippen LogP contribution in [0, 0.1) is 5.92 Å². The molecule has 20 heavy (non-hydrogen) atoms. The van der Waals surface area contributed by atoms with Crippen LogP contribution in [0.2, 0.25) is 10.0 Å². The molecule has 1 fully saturated rings. The quantitative estimate of drug-likeness (QED) is 0.805. The van der Waals surface area contributed by atoms with Crippen molar-refractivity contribution in [3.05, 3.63) is 33.8 Å². The Balaban J connectivity index is 2.18. The van der Waals surface area contributed by atoms with Gasteiger partial charge in [0, 0.05) is 23.6 Å². The molecule has 0 amide bonds. The van der Waals surface area contributed by atoms with Gasteiger partial charge in [-0.1, -0.05) is 36.2 Å². The van der Waals surface area contributed by atoms with Crippen LogP contribution in [-0.2, 0) is 16.0 Å². The van der Waals surface area contributed by atoms with E-state index in [9.17, 15) is 4.79 Å². The Bertz CT molecular complexity index is 471. The van der Waals surface area contributed by atoms with Gasteiger partial charge < -0.3 is 4.74 Å². The van der Waals surface area contributed by atoms with E-state index in [1.807, 2.05) is 0 Å². The predicted molar refractivity (Wildman–Crippen MR) is 82.5 cm³/mol. The van der Waals surface area contributed by atoms with Crippen molar-refractivity contribution in [2.75, 3.05) is 7.11 Å². The largest absolute Gasteiger partial charge is 0.370 e. The number of hydrogen-bond acceptors (Lipinski definition) is 2. The molecule has 0 unspecified atom stereocenters. The minimum Gasteiger partial charge on any atom is -0.370 e. The number of halogens is 2. The molecule has 1 saturated carbocycles. The molecule has 0 N–H and O–H groups in total. The number of benzene rings is 1. The molecular formula is C16H20Cl2O2. The van der Waals surface area contributed by atoms with Crippen molar-refractivity contribution in [2.45, 2.75) is 44.6 Å². The lowest BCUT2D eigenvalue weighted by molar-refractivity contribution is -0.145. The number of carbonyl (C=O) groups excluding carboxylic acids is 1. The van der Waals surface area contributed by atoms with Crippen LogP contribution in [-0.4, -0.2) is 18.5 Å². The number of ether oxygens (including phenoxy) is 1. The molecule has 4 heteroatoms. The zero-order valence-corrected chi connectivity index (χ0v) is 13.4. The van der Waals surface area contributed by atoms with Gasteiger partial charge in [0.05, 0.1) is 0 Å². The SMILES string of the molecule is COC1(C(=O)Cc2c(Cl)cccc2Cl)CCC(C)CC1. The highest BCUT2D eigenvalue weighted by Gasteiger charge is 2.40. The monoisotopic (exact) mass is 314 g/mol. The standard InChI is InChI=1S/C16H20Cl2O2/c1-11-6-8-16(20-2,9-7-11)15(19)10-12-13(17)4-3-5-14(12)18/h3-5,11H,6-10H2,1-2H3. The number of ketones is 1. The van der Waals surface area contributed by atoms with Crippen molar-refractivity contribution in [3.63, 3.8) is 0 Å². The lowest BCUT2D eigenvalue weighted by Gasteiger charge is -2.37. The van der Waals surface area contributed by atoms with Crippen LogP contribution in [0.15, 0.2) is 18.2 Å². The summed E-state index contributed by atoms with van der Waals surface area (Å²) in [6, 6.07) is 5.31. The number of hydrogen-bond donors (Lipinski definition) is 0. The molecule has 0 aliphatic heterocycles. The summed E-state index contributed by atoms with van der Waals surface area (Å²) in [4.78, 5) is 12.7. The van der Waals surface area contributed by atoms with E-state index >= 15 is 0 Å². The summed E-state index contributed by atoms with van der Waals surface area (Å²) in [5.74, 6) is 0.747. The molecule has 110 valence electrons. The maximum atomic E-state index is 12.7. The highest BCUT2D eigenvalue weighted by molar-refractivity contribution is 6.36. The summed E-state index contributed by atoms with van der Waals surface area (Å²) < 4.78 is 5.61. The Kier molecular flexibility index (Phi) is 5.11. The molecule has 0 atom stereocenters. The zero-order chi connectivity index (χ0) is 14.8. The van der Waals surface area contributed by atoms with E-state index in [2.05, 4.69) is 6.92 Å². The minimum atomic E-state index is -0.658. The van der Waals surface area contributed by atoms with E-state index in [1.165, 1.54) is 0 Å². The number of Topliss-reactive ketones (excluding diaryl/α,β-unsaturated/α-hetero) is 1. The molecule has 0 spiro atoms. The fourth-order valence-corrected chi connectivity index (χ4v) is 3.38. The van der Waals surface area contributed by atoms with E-state index in [0.29, 0.717) is 21.5 Å². The molecule has 0 heterocycles. The number of methoxy groups -OCH3 is 1. The first-order valence-corrected chi connectivity index (χ1v) is 7.75. The van der Waals surface area contributed by atoms with Gasteiger partial charge in [0.25, 0.3) is 0 Å². The van der Waals surface area contributed by atoms with Crippen LogP contribution < -0.4 is 0 Å². The Morgan fingerprint density at radius 1 is 1.30 bits per heavy atom. The van der Waals surface area contributed by atoms with Crippen LogP contribution in [0.1, 0.15) is 38.2 Å². The van der Waals surface area contributed by atoms with Crippen molar-refractivity contribution in [3.8, 4) is 0 Å². The van der Waals surface area contributed by atoms with Gasteiger partial charge in [0.2, 0.25) is 0 Å². The normalized spacial score (nSPS) is 26.5. The van der Waals surface area contributed by atoms with Crippen LogP contribution >= 0.6 is 23.2 Å². The maximum absolute atomic E-state index is 12.7. The second-order valence-electron chi connectivity index (χ2n) is 5.68. The minimum absolute atomic E-state index is 0.0851. The first-order chi connectivity index (χ1) is 9.48. The predicted octanol–water partition coefficient (Wildman–Crippen LogP) is 4.70. The van der Waals surface area contributed by atoms with Crippen LogP contribution in [0.4, 0.5) is 0 Å². The summed E-state index contributed by atoms with van der Waals surface area (Å²) in [6.45, 7) is 2.22. The van der Waals surface area contributed by atoms with Gasteiger partial charge in [0.1, 0.15) is 5.60 Å². The third kappa shape index (κ3) is 3.19. The lowest BCUT2D eigenvalue weighted by atomic mass is 9.76. The van der Waals surface area contributed by atoms with E-state index in [-0.39, 0.29) is 12.2 Å². The highest BCUT2D eigenvalue weighted by Crippen LogP contribution is 2.37. The van der Waals surface area contributed by atoms with Crippen LogP contribution in [0.25, 0.3) is 0 Å². The Hall–Kier alpha value is -0.570. The van der Waals surface area contributed by atoms with Gasteiger partial charge in [-0.3, -0.25) is 4.79 Å². The van der Waals surface area contributed by atoms with Crippen molar-refractivity contribution in [1.29, 1.82) is 0 Å².